The molecule has 42 heavy (non-hydrogen) atoms. The molecule has 9 heteroatoms. The Hall–Kier alpha value is -4.14. The molecule has 0 bridgehead atoms. The monoisotopic (exact) mass is 603 g/mol. The first-order valence-electron chi connectivity index (χ1n) is 13.7. The summed E-state index contributed by atoms with van der Waals surface area (Å²) in [4.78, 5) is 29.5. The number of para-hydroxylation sites is 1. The van der Waals surface area contributed by atoms with E-state index >= 15 is 0 Å². The van der Waals surface area contributed by atoms with Gasteiger partial charge in [-0.05, 0) is 49.2 Å². The summed E-state index contributed by atoms with van der Waals surface area (Å²) in [6.45, 7) is 3.25. The third kappa shape index (κ3) is 7.78. The van der Waals surface area contributed by atoms with E-state index < -0.39 is 28.5 Å². The molecule has 218 valence electrons. The fourth-order valence-corrected chi connectivity index (χ4v) is 6.34. The SMILES string of the molecule is CC(C)NC(=O)[C@H](Cc1ccccc1)N(Cc1ccccc1)C(=O)CN(c1ccccc1Cl)S(=O)(=O)c1ccccc1. The highest BCUT2D eigenvalue weighted by atomic mass is 35.5. The molecule has 4 rings (SSSR count). The van der Waals surface area contributed by atoms with Crippen LogP contribution in [0.25, 0.3) is 0 Å². The lowest BCUT2D eigenvalue weighted by atomic mass is 10.0. The van der Waals surface area contributed by atoms with Crippen LogP contribution in [0.15, 0.2) is 120 Å². The summed E-state index contributed by atoms with van der Waals surface area (Å²) in [5.41, 5.74) is 1.84. The lowest BCUT2D eigenvalue weighted by Gasteiger charge is -2.34. The molecule has 0 aliphatic carbocycles. The van der Waals surface area contributed by atoms with Crippen molar-refractivity contribution in [2.75, 3.05) is 10.8 Å². The molecule has 0 aliphatic rings. The Morgan fingerprint density at radius 1 is 0.762 bits per heavy atom. The molecule has 0 heterocycles. The number of hydrogen-bond donors (Lipinski definition) is 1. The molecule has 0 radical (unpaired) electrons. The second-order valence-corrected chi connectivity index (χ2v) is 12.4. The largest absolute Gasteiger partial charge is 0.352 e. The van der Waals surface area contributed by atoms with E-state index in [0.717, 1.165) is 15.4 Å². The van der Waals surface area contributed by atoms with Crippen molar-refractivity contribution >= 4 is 39.1 Å². The van der Waals surface area contributed by atoms with Crippen molar-refractivity contribution in [3.8, 4) is 0 Å². The predicted molar refractivity (Wildman–Crippen MR) is 167 cm³/mol. The number of nitrogens with one attached hydrogen (secondary N) is 1. The second-order valence-electron chi connectivity index (χ2n) is 10.2. The van der Waals surface area contributed by atoms with E-state index in [4.69, 9.17) is 11.6 Å². The normalized spacial score (nSPS) is 12.0. The molecule has 4 aromatic rings. The van der Waals surface area contributed by atoms with Gasteiger partial charge in [0.25, 0.3) is 10.0 Å². The van der Waals surface area contributed by atoms with E-state index in [9.17, 15) is 18.0 Å². The molecule has 4 aromatic carbocycles. The van der Waals surface area contributed by atoms with Gasteiger partial charge in [-0.1, -0.05) is 103 Å². The molecule has 1 N–H and O–H groups in total. The lowest BCUT2D eigenvalue weighted by molar-refractivity contribution is -0.140. The fraction of sp³-hybridized carbons (Fsp3) is 0.212. The van der Waals surface area contributed by atoms with Crippen molar-refractivity contribution in [2.24, 2.45) is 0 Å². The molecule has 1 atom stereocenters. The average Bonchev–Trinajstić information content (AvgIpc) is 2.99. The Kier molecular flexibility index (Phi) is 10.4. The molecule has 0 saturated carbocycles. The Bertz CT molecular complexity index is 1580. The van der Waals surface area contributed by atoms with Gasteiger partial charge in [0.05, 0.1) is 15.6 Å². The molecule has 0 saturated heterocycles. The maximum absolute atomic E-state index is 14.3. The maximum atomic E-state index is 14.3. The smallest absolute Gasteiger partial charge is 0.264 e. The van der Waals surface area contributed by atoms with Crippen LogP contribution in [0.1, 0.15) is 25.0 Å². The molecule has 2 amide bonds. The van der Waals surface area contributed by atoms with Gasteiger partial charge in [0.2, 0.25) is 11.8 Å². The van der Waals surface area contributed by atoms with Crippen LogP contribution in [-0.4, -0.2) is 43.8 Å². The first kappa shape index (κ1) is 30.8. The van der Waals surface area contributed by atoms with E-state index in [1.165, 1.54) is 17.0 Å². The van der Waals surface area contributed by atoms with Crippen molar-refractivity contribution in [1.82, 2.24) is 10.2 Å². The van der Waals surface area contributed by atoms with Crippen molar-refractivity contribution in [1.29, 1.82) is 0 Å². The summed E-state index contributed by atoms with van der Waals surface area (Å²) >= 11 is 6.49. The molecular formula is C33H34ClN3O4S. The first-order valence-corrected chi connectivity index (χ1v) is 15.5. The Morgan fingerprint density at radius 3 is 1.86 bits per heavy atom. The van der Waals surface area contributed by atoms with Crippen LogP contribution >= 0.6 is 11.6 Å². The maximum Gasteiger partial charge on any atom is 0.264 e. The summed E-state index contributed by atoms with van der Waals surface area (Å²) in [5, 5.41) is 3.13. The second kappa shape index (κ2) is 14.2. The molecular weight excluding hydrogens is 570 g/mol. The number of anilines is 1. The standard InChI is InChI=1S/C33H34ClN3O4S/c1-25(2)35-33(39)31(22-26-14-6-3-7-15-26)36(23-27-16-8-4-9-17-27)32(38)24-37(30-21-13-12-20-29(30)34)42(40,41)28-18-10-5-11-19-28/h3-21,25,31H,22-24H2,1-2H3,(H,35,39)/t31-/m0/s1. The number of carbonyl (C=O) groups excluding carboxylic acids is 2. The van der Waals surface area contributed by atoms with Crippen molar-refractivity contribution < 1.29 is 18.0 Å². The topological polar surface area (TPSA) is 86.8 Å². The molecule has 7 nitrogen and oxygen atoms in total. The Morgan fingerprint density at radius 2 is 1.29 bits per heavy atom. The van der Waals surface area contributed by atoms with Gasteiger partial charge >= 0.3 is 0 Å². The number of nitrogens with zero attached hydrogens (tertiary/aromatic N) is 2. The number of amides is 2. The zero-order valence-electron chi connectivity index (χ0n) is 23.6. The van der Waals surface area contributed by atoms with Crippen LogP contribution in [-0.2, 0) is 32.6 Å². The van der Waals surface area contributed by atoms with Gasteiger partial charge in [-0.3, -0.25) is 13.9 Å². The molecule has 0 unspecified atom stereocenters. The lowest BCUT2D eigenvalue weighted by Crippen LogP contribution is -2.54. The highest BCUT2D eigenvalue weighted by Gasteiger charge is 2.35. The van der Waals surface area contributed by atoms with Gasteiger partial charge in [-0.15, -0.1) is 0 Å². The first-order chi connectivity index (χ1) is 20.2. The van der Waals surface area contributed by atoms with Gasteiger partial charge in [0.15, 0.2) is 0 Å². The summed E-state index contributed by atoms with van der Waals surface area (Å²) in [6.07, 6.45) is 0.246. The fourth-order valence-electron chi connectivity index (χ4n) is 4.60. The van der Waals surface area contributed by atoms with Crippen LogP contribution in [0.2, 0.25) is 5.02 Å². The zero-order valence-corrected chi connectivity index (χ0v) is 25.1. The Balaban J connectivity index is 1.79. The molecule has 0 aromatic heterocycles. The number of hydrogen-bond acceptors (Lipinski definition) is 4. The van der Waals surface area contributed by atoms with Crippen LogP contribution in [0.5, 0.6) is 0 Å². The van der Waals surface area contributed by atoms with Gasteiger partial charge in [0, 0.05) is 19.0 Å². The van der Waals surface area contributed by atoms with E-state index in [1.807, 2.05) is 74.5 Å². The van der Waals surface area contributed by atoms with Gasteiger partial charge in [0.1, 0.15) is 12.6 Å². The van der Waals surface area contributed by atoms with E-state index in [0.29, 0.717) is 0 Å². The number of rotatable bonds is 12. The van der Waals surface area contributed by atoms with Gasteiger partial charge in [-0.2, -0.15) is 0 Å². The summed E-state index contributed by atoms with van der Waals surface area (Å²) in [7, 11) is -4.20. The molecule has 0 fully saturated rings. The van der Waals surface area contributed by atoms with Gasteiger partial charge < -0.3 is 10.2 Å². The zero-order chi connectivity index (χ0) is 30.1. The van der Waals surface area contributed by atoms with E-state index in [-0.39, 0.29) is 40.5 Å². The molecule has 0 aliphatic heterocycles. The van der Waals surface area contributed by atoms with Gasteiger partial charge in [-0.25, -0.2) is 8.42 Å². The predicted octanol–water partition coefficient (Wildman–Crippen LogP) is 5.70. The minimum absolute atomic E-state index is 0.0192. The average molecular weight is 604 g/mol. The summed E-state index contributed by atoms with van der Waals surface area (Å²) < 4.78 is 28.9. The van der Waals surface area contributed by atoms with Crippen LogP contribution in [0, 0.1) is 0 Å². The number of carbonyl (C=O) groups is 2. The van der Waals surface area contributed by atoms with Crippen LogP contribution in [0.4, 0.5) is 5.69 Å². The Labute approximate surface area is 252 Å². The van der Waals surface area contributed by atoms with Crippen molar-refractivity contribution in [3.05, 3.63) is 131 Å². The highest BCUT2D eigenvalue weighted by Crippen LogP contribution is 2.31. The van der Waals surface area contributed by atoms with Crippen LogP contribution < -0.4 is 9.62 Å². The number of sulfonamides is 1. The van der Waals surface area contributed by atoms with Crippen LogP contribution in [0.3, 0.4) is 0 Å². The summed E-state index contributed by atoms with van der Waals surface area (Å²) in [6, 6.07) is 32.1. The number of halogens is 1. The highest BCUT2D eigenvalue weighted by molar-refractivity contribution is 7.92. The molecule has 0 spiro atoms. The van der Waals surface area contributed by atoms with Crippen molar-refractivity contribution in [2.45, 2.75) is 43.8 Å². The minimum atomic E-state index is -4.20. The van der Waals surface area contributed by atoms with E-state index in [2.05, 4.69) is 5.32 Å². The number of benzene rings is 4. The third-order valence-electron chi connectivity index (χ3n) is 6.63. The minimum Gasteiger partial charge on any atom is -0.352 e. The quantitative estimate of drug-likeness (QED) is 0.225. The van der Waals surface area contributed by atoms with E-state index in [1.54, 1.807) is 42.5 Å². The summed E-state index contributed by atoms with van der Waals surface area (Å²) in [5.74, 6) is -0.869. The van der Waals surface area contributed by atoms with Crippen molar-refractivity contribution in [3.63, 3.8) is 0 Å². The third-order valence-corrected chi connectivity index (χ3v) is 8.72.